The van der Waals surface area contributed by atoms with E-state index in [0.717, 1.165) is 0 Å². The van der Waals surface area contributed by atoms with E-state index >= 15 is 0 Å². The average Bonchev–Trinajstić information content (AvgIpc) is 2.55. The second-order valence-electron chi connectivity index (χ2n) is 4.83. The monoisotopic (exact) mass is 330 g/mol. The van der Waals surface area contributed by atoms with Crippen LogP contribution in [0.2, 0.25) is 0 Å². The molecule has 0 saturated carbocycles. The average molecular weight is 330 g/mol. The molecule has 9 nitrogen and oxygen atoms in total. The van der Waals surface area contributed by atoms with Gasteiger partial charge in [-0.25, -0.2) is 4.79 Å². The minimum Gasteiger partial charge on any atom is -0.479 e. The van der Waals surface area contributed by atoms with E-state index in [1.807, 2.05) is 0 Å². The summed E-state index contributed by atoms with van der Waals surface area (Å²) in [6, 6.07) is 5.24. The number of aliphatic hydroxyl groups is 3. The van der Waals surface area contributed by atoms with Gasteiger partial charge < -0.3 is 35.2 Å². The summed E-state index contributed by atoms with van der Waals surface area (Å²) >= 11 is 0. The number of nitrogens with one attached hydrogen (secondary N) is 1. The first-order valence-electron chi connectivity index (χ1n) is 8.01. The normalized spacial score (nSPS) is 33.0. The van der Waals surface area contributed by atoms with E-state index in [4.69, 9.17) is 18.7 Å². The zero-order valence-electron chi connectivity index (χ0n) is 14.6. The van der Waals surface area contributed by atoms with E-state index in [9.17, 15) is 24.9 Å². The number of anilines is 1. The Hall–Kier alpha value is -2.20. The number of carboxylic acid groups (broad SMARTS) is 1. The lowest BCUT2D eigenvalue weighted by molar-refractivity contribution is -0.271. The molecule has 23 heavy (non-hydrogen) atoms. The van der Waals surface area contributed by atoms with Crippen LogP contribution >= 0.6 is 0 Å². The van der Waals surface area contributed by atoms with Gasteiger partial charge in [-0.1, -0.05) is 0 Å². The molecule has 0 aromatic heterocycles. The fourth-order valence-electron chi connectivity index (χ4n) is 2.03. The van der Waals surface area contributed by atoms with Gasteiger partial charge in [-0.15, -0.1) is 0 Å². The van der Waals surface area contributed by atoms with Gasteiger partial charge in [0.05, 0.1) is 0 Å². The molecule has 1 aromatic carbocycles. The van der Waals surface area contributed by atoms with Crippen molar-refractivity contribution in [3.63, 3.8) is 0 Å². The maximum atomic E-state index is 11.4. The van der Waals surface area contributed by atoms with Gasteiger partial charge in [-0.3, -0.25) is 4.79 Å². The lowest BCUT2D eigenvalue weighted by atomic mass is 9.99. The molecule has 0 bridgehead atoms. The van der Waals surface area contributed by atoms with Crippen LogP contribution in [0.1, 0.15) is 11.0 Å². The number of benzene rings is 1. The summed E-state index contributed by atoms with van der Waals surface area (Å²) in [4.78, 5) is 22.4. The summed E-state index contributed by atoms with van der Waals surface area (Å²) in [5.74, 6) is -2.63. The van der Waals surface area contributed by atoms with Crippen LogP contribution in [0.5, 0.6) is 5.75 Å². The van der Waals surface area contributed by atoms with Gasteiger partial charge in [0.2, 0.25) is 12.2 Å². The van der Waals surface area contributed by atoms with E-state index < -0.39 is 49.4 Å². The molecule has 1 aliphatic heterocycles. The van der Waals surface area contributed by atoms with Crippen LogP contribution in [-0.4, -0.2) is 63.0 Å². The number of hydrogen-bond acceptors (Lipinski definition) is 7. The van der Waals surface area contributed by atoms with Gasteiger partial charge in [0.1, 0.15) is 24.1 Å². The molecule has 1 heterocycles. The standard InChI is InChI=1S/C14H17NO8/c1-6(16)15-7-2-4-8(5-3-7)22-14-11(19)9(17)10(18)12(23-14)13(20)21/h2-5,9-12,14,17-19H,1H3,(H,15,16)(H,20,21)/t9-,10-,11+,12-,14+/m0/s1/i1D3. The number of ether oxygens (including phenoxy) is 2. The quantitative estimate of drug-likeness (QED) is 0.468. The maximum absolute atomic E-state index is 11.4. The molecule has 1 aromatic rings. The molecule has 1 fully saturated rings. The molecule has 0 unspecified atom stereocenters. The van der Waals surface area contributed by atoms with Crippen LogP contribution in [0.4, 0.5) is 5.69 Å². The summed E-state index contributed by atoms with van der Waals surface area (Å²) in [5.41, 5.74) is 0.169. The molecule has 126 valence electrons. The Labute approximate surface area is 135 Å². The van der Waals surface area contributed by atoms with Crippen molar-refractivity contribution in [2.24, 2.45) is 0 Å². The van der Waals surface area contributed by atoms with Gasteiger partial charge >= 0.3 is 5.97 Å². The Morgan fingerprint density at radius 2 is 1.83 bits per heavy atom. The second-order valence-corrected chi connectivity index (χ2v) is 4.83. The van der Waals surface area contributed by atoms with E-state index in [1.165, 1.54) is 24.3 Å². The third kappa shape index (κ3) is 3.96. The molecular formula is C14H17NO8. The Kier molecular flexibility index (Phi) is 3.99. The first-order valence-corrected chi connectivity index (χ1v) is 6.51. The first kappa shape index (κ1) is 13.3. The summed E-state index contributed by atoms with van der Waals surface area (Å²) in [5, 5.41) is 40.3. The van der Waals surface area contributed by atoms with Crippen molar-refractivity contribution in [2.75, 3.05) is 5.32 Å². The van der Waals surface area contributed by atoms with E-state index in [1.54, 1.807) is 0 Å². The summed E-state index contributed by atoms with van der Waals surface area (Å²) in [6.45, 7) is -2.81. The Balaban J connectivity index is 2.06. The molecule has 1 saturated heterocycles. The first-order chi connectivity index (χ1) is 12.0. The van der Waals surface area contributed by atoms with Crippen LogP contribution in [0.25, 0.3) is 0 Å². The van der Waals surface area contributed by atoms with E-state index in [2.05, 4.69) is 5.32 Å². The Morgan fingerprint density at radius 1 is 1.17 bits per heavy atom. The molecule has 9 heteroatoms. The van der Waals surface area contributed by atoms with Crippen molar-refractivity contribution in [1.29, 1.82) is 0 Å². The smallest absolute Gasteiger partial charge is 0.335 e. The van der Waals surface area contributed by atoms with Crippen LogP contribution < -0.4 is 10.1 Å². The van der Waals surface area contributed by atoms with Crippen LogP contribution in [0.3, 0.4) is 0 Å². The topological polar surface area (TPSA) is 146 Å². The third-order valence-corrected chi connectivity index (χ3v) is 3.18. The Morgan fingerprint density at radius 3 is 2.39 bits per heavy atom. The number of hydrogen-bond donors (Lipinski definition) is 5. The van der Waals surface area contributed by atoms with Crippen molar-refractivity contribution in [1.82, 2.24) is 0 Å². The molecule has 1 amide bonds. The zero-order valence-corrected chi connectivity index (χ0v) is 11.6. The zero-order chi connectivity index (χ0) is 19.6. The molecule has 5 N–H and O–H groups in total. The highest BCUT2D eigenvalue weighted by Crippen LogP contribution is 2.25. The van der Waals surface area contributed by atoms with Crippen LogP contribution in [-0.2, 0) is 14.3 Å². The van der Waals surface area contributed by atoms with Gasteiger partial charge in [0, 0.05) is 16.7 Å². The van der Waals surface area contributed by atoms with Crippen molar-refractivity contribution < 1.29 is 43.6 Å². The number of carbonyl (C=O) groups is 2. The molecular weight excluding hydrogens is 310 g/mol. The van der Waals surface area contributed by atoms with Crippen molar-refractivity contribution in [3.05, 3.63) is 24.3 Å². The minimum absolute atomic E-state index is 0.0775. The number of rotatable bonds is 4. The minimum atomic E-state index is -2.81. The van der Waals surface area contributed by atoms with E-state index in [-0.39, 0.29) is 11.4 Å². The highest BCUT2D eigenvalue weighted by molar-refractivity contribution is 5.88. The SMILES string of the molecule is [2H]C([2H])([2H])C(=O)Nc1ccc(O[C@@H]2O[C@H](C(=O)O)[C@@H](O)[C@H](O)[C@H]2O)cc1. The van der Waals surface area contributed by atoms with Crippen molar-refractivity contribution in [2.45, 2.75) is 37.6 Å². The van der Waals surface area contributed by atoms with Crippen LogP contribution in [0, 0.1) is 0 Å². The van der Waals surface area contributed by atoms with Crippen LogP contribution in [0.15, 0.2) is 24.3 Å². The summed E-state index contributed by atoms with van der Waals surface area (Å²) in [6.07, 6.45) is -8.71. The fourth-order valence-corrected chi connectivity index (χ4v) is 2.03. The van der Waals surface area contributed by atoms with E-state index in [0.29, 0.717) is 0 Å². The van der Waals surface area contributed by atoms with Gasteiger partial charge in [0.25, 0.3) is 0 Å². The van der Waals surface area contributed by atoms with Crippen molar-refractivity contribution >= 4 is 17.6 Å². The molecule has 0 spiro atoms. The molecule has 0 radical (unpaired) electrons. The molecule has 1 aliphatic rings. The number of carbonyl (C=O) groups excluding carboxylic acids is 1. The predicted molar refractivity (Wildman–Crippen MR) is 75.7 cm³/mol. The Bertz CT molecular complexity index is 665. The number of carboxylic acids is 1. The van der Waals surface area contributed by atoms with Crippen molar-refractivity contribution in [3.8, 4) is 5.75 Å². The number of aliphatic hydroxyl groups excluding tert-OH is 3. The lowest BCUT2D eigenvalue weighted by Crippen LogP contribution is -2.61. The van der Waals surface area contributed by atoms with Gasteiger partial charge in [-0.05, 0) is 24.3 Å². The van der Waals surface area contributed by atoms with Gasteiger partial charge in [-0.2, -0.15) is 0 Å². The summed E-state index contributed by atoms with van der Waals surface area (Å²) in [7, 11) is 0. The van der Waals surface area contributed by atoms with Gasteiger partial charge in [0.15, 0.2) is 6.10 Å². The summed E-state index contributed by atoms with van der Waals surface area (Å²) < 4.78 is 31.1. The highest BCUT2D eigenvalue weighted by Gasteiger charge is 2.48. The highest BCUT2D eigenvalue weighted by atomic mass is 16.7. The third-order valence-electron chi connectivity index (χ3n) is 3.18. The number of aliphatic carboxylic acids is 1. The number of amides is 1. The molecule has 2 rings (SSSR count). The molecule has 0 aliphatic carbocycles. The largest absolute Gasteiger partial charge is 0.479 e. The maximum Gasteiger partial charge on any atom is 0.335 e. The fraction of sp³-hybridized carbons (Fsp3) is 0.429. The molecule has 5 atom stereocenters. The second kappa shape index (κ2) is 6.92. The predicted octanol–water partition coefficient (Wildman–Crippen LogP) is -1.08. The lowest BCUT2D eigenvalue weighted by Gasteiger charge is -2.38.